The minimum Gasteiger partial charge on any atom is -0.495 e. The van der Waals surface area contributed by atoms with Crippen molar-refractivity contribution in [3.05, 3.63) is 53.6 Å². The number of benzene rings is 2. The highest BCUT2D eigenvalue weighted by Crippen LogP contribution is 2.27. The Hall–Kier alpha value is -3.39. The van der Waals surface area contributed by atoms with Gasteiger partial charge >= 0.3 is 0 Å². The molecule has 30 heavy (non-hydrogen) atoms. The van der Waals surface area contributed by atoms with Crippen LogP contribution >= 0.6 is 11.6 Å². The Balaban J connectivity index is 1.69. The molecule has 0 spiro atoms. The van der Waals surface area contributed by atoms with Gasteiger partial charge < -0.3 is 15.0 Å². The van der Waals surface area contributed by atoms with E-state index < -0.39 is 11.8 Å². The molecule has 3 amide bonds. The van der Waals surface area contributed by atoms with Gasteiger partial charge in [0.25, 0.3) is 5.91 Å². The lowest BCUT2D eigenvalue weighted by Gasteiger charge is -2.25. The van der Waals surface area contributed by atoms with E-state index in [1.54, 1.807) is 42.5 Å². The van der Waals surface area contributed by atoms with E-state index in [0.717, 1.165) is 0 Å². The van der Waals surface area contributed by atoms with Crippen molar-refractivity contribution < 1.29 is 19.1 Å². The molecule has 2 aromatic rings. The lowest BCUT2D eigenvalue weighted by atomic mass is 10.1. The number of para-hydroxylation sites is 1. The average molecular weight is 429 g/mol. The maximum Gasteiger partial charge on any atom is 0.270 e. The Morgan fingerprint density at radius 2 is 1.93 bits per heavy atom. The van der Waals surface area contributed by atoms with E-state index in [0.29, 0.717) is 22.1 Å². The highest BCUT2D eigenvalue weighted by atomic mass is 35.5. The van der Waals surface area contributed by atoms with Crippen molar-refractivity contribution >= 4 is 46.4 Å². The summed E-state index contributed by atoms with van der Waals surface area (Å²) < 4.78 is 5.20. The molecule has 9 heteroatoms. The summed E-state index contributed by atoms with van der Waals surface area (Å²) in [6, 6.07) is 13.7. The second kappa shape index (κ2) is 9.41. The van der Waals surface area contributed by atoms with E-state index >= 15 is 0 Å². The number of methoxy groups -OCH3 is 1. The van der Waals surface area contributed by atoms with Gasteiger partial charge in [0.15, 0.2) is 0 Å². The molecule has 1 aliphatic rings. The number of nitrogens with zero attached hydrogens (tertiary/aromatic N) is 3. The molecular formula is C21H21ClN4O4. The highest BCUT2D eigenvalue weighted by Gasteiger charge is 2.28. The molecule has 0 bridgehead atoms. The zero-order chi connectivity index (χ0) is 21.7. The fraction of sp³-hybridized carbons (Fsp3) is 0.238. The van der Waals surface area contributed by atoms with Gasteiger partial charge in [-0.3, -0.25) is 14.4 Å². The van der Waals surface area contributed by atoms with Crippen molar-refractivity contribution in [2.75, 3.05) is 31.0 Å². The summed E-state index contributed by atoms with van der Waals surface area (Å²) >= 11 is 5.97. The van der Waals surface area contributed by atoms with Crippen LogP contribution in [-0.2, 0) is 14.4 Å². The molecule has 0 aromatic heterocycles. The third kappa shape index (κ3) is 4.96. The highest BCUT2D eigenvalue weighted by molar-refractivity contribution is 6.40. The second-order valence-corrected chi connectivity index (χ2v) is 7.08. The maximum atomic E-state index is 12.8. The van der Waals surface area contributed by atoms with Gasteiger partial charge in [-0.25, -0.2) is 5.01 Å². The molecule has 2 aromatic carbocycles. The molecule has 3 rings (SSSR count). The first-order chi connectivity index (χ1) is 14.4. The van der Waals surface area contributed by atoms with E-state index in [1.807, 2.05) is 6.07 Å². The number of hydrazone groups is 1. The molecule has 1 N–H and O–H groups in total. The van der Waals surface area contributed by atoms with Gasteiger partial charge in [0.1, 0.15) is 11.5 Å². The number of carbonyl (C=O) groups excluding carboxylic acids is 3. The Kier molecular flexibility index (Phi) is 6.68. The van der Waals surface area contributed by atoms with Gasteiger partial charge in [0.2, 0.25) is 11.8 Å². The van der Waals surface area contributed by atoms with Crippen LogP contribution in [0.2, 0.25) is 5.02 Å². The number of rotatable bonds is 6. The monoisotopic (exact) mass is 428 g/mol. The maximum absolute atomic E-state index is 12.8. The number of carbonyl (C=O) groups is 3. The smallest absolute Gasteiger partial charge is 0.270 e. The van der Waals surface area contributed by atoms with Crippen LogP contribution in [0.3, 0.4) is 0 Å². The molecule has 0 aliphatic carbocycles. The first-order valence-electron chi connectivity index (χ1n) is 9.23. The molecule has 0 saturated heterocycles. The van der Waals surface area contributed by atoms with Crippen molar-refractivity contribution in [2.45, 2.75) is 12.8 Å². The topological polar surface area (TPSA) is 91.3 Å². The van der Waals surface area contributed by atoms with Gasteiger partial charge in [-0.2, -0.15) is 5.10 Å². The van der Waals surface area contributed by atoms with E-state index in [-0.39, 0.29) is 31.0 Å². The zero-order valence-electron chi connectivity index (χ0n) is 16.6. The number of hydrogen-bond acceptors (Lipinski definition) is 5. The summed E-state index contributed by atoms with van der Waals surface area (Å²) in [6.45, 7) is -0.202. The molecule has 0 atom stereocenters. The van der Waals surface area contributed by atoms with Crippen LogP contribution in [0.4, 0.5) is 11.4 Å². The van der Waals surface area contributed by atoms with E-state index in [1.165, 1.54) is 24.1 Å². The molecule has 156 valence electrons. The Bertz CT molecular complexity index is 994. The molecule has 8 nitrogen and oxygen atoms in total. The Morgan fingerprint density at radius 1 is 1.20 bits per heavy atom. The third-order valence-corrected chi connectivity index (χ3v) is 4.68. The van der Waals surface area contributed by atoms with Gasteiger partial charge in [0, 0.05) is 24.9 Å². The van der Waals surface area contributed by atoms with Crippen LogP contribution in [0.25, 0.3) is 0 Å². The summed E-state index contributed by atoms with van der Waals surface area (Å²) in [7, 11) is 2.98. The van der Waals surface area contributed by atoms with E-state index in [2.05, 4.69) is 10.4 Å². The van der Waals surface area contributed by atoms with Crippen LogP contribution in [0, 0.1) is 0 Å². The lowest BCUT2D eigenvalue weighted by molar-refractivity contribution is -0.128. The van der Waals surface area contributed by atoms with Crippen molar-refractivity contribution in [1.82, 2.24) is 4.90 Å². The largest absolute Gasteiger partial charge is 0.495 e. The molecule has 1 heterocycles. The van der Waals surface area contributed by atoms with E-state index in [4.69, 9.17) is 16.3 Å². The minimum absolute atomic E-state index is 0.166. The first kappa shape index (κ1) is 21.3. The number of likely N-dealkylation sites (N-methyl/N-ethyl adjacent to an activating group) is 1. The lowest BCUT2D eigenvalue weighted by Crippen LogP contribution is -2.42. The normalized spacial score (nSPS) is 13.5. The predicted molar refractivity (Wildman–Crippen MR) is 115 cm³/mol. The van der Waals surface area contributed by atoms with Crippen LogP contribution in [0.5, 0.6) is 5.75 Å². The van der Waals surface area contributed by atoms with Crippen molar-refractivity contribution in [2.24, 2.45) is 5.10 Å². The Labute approximate surface area is 179 Å². The van der Waals surface area contributed by atoms with Gasteiger partial charge in [-0.05, 0) is 30.3 Å². The summed E-state index contributed by atoms with van der Waals surface area (Å²) in [5.41, 5.74) is 1.21. The molecule has 0 unspecified atom stereocenters. The Morgan fingerprint density at radius 3 is 2.63 bits per heavy atom. The van der Waals surface area contributed by atoms with Gasteiger partial charge in [-0.15, -0.1) is 0 Å². The van der Waals surface area contributed by atoms with Crippen LogP contribution in [0.15, 0.2) is 53.6 Å². The summed E-state index contributed by atoms with van der Waals surface area (Å²) in [4.78, 5) is 38.7. The van der Waals surface area contributed by atoms with Gasteiger partial charge in [0.05, 0.1) is 25.0 Å². The number of anilines is 2. The first-order valence-corrected chi connectivity index (χ1v) is 9.61. The standard InChI is InChI=1S/C21H21ClN4O4/c1-25(13-19(27)23-17-12-14(22)8-10-18(17)30-2)21(29)16-9-11-20(28)26(24-16)15-6-4-3-5-7-15/h3-8,10,12H,9,11,13H2,1-2H3,(H,23,27). The third-order valence-electron chi connectivity index (χ3n) is 4.44. The molecule has 1 aliphatic heterocycles. The number of nitrogens with one attached hydrogen (secondary N) is 1. The van der Waals surface area contributed by atoms with Crippen LogP contribution in [0.1, 0.15) is 12.8 Å². The summed E-state index contributed by atoms with van der Waals surface area (Å²) in [5, 5.41) is 8.58. The number of amides is 3. The van der Waals surface area contributed by atoms with Crippen molar-refractivity contribution in [3.63, 3.8) is 0 Å². The van der Waals surface area contributed by atoms with E-state index in [9.17, 15) is 14.4 Å². The quantitative estimate of drug-likeness (QED) is 0.765. The number of halogens is 1. The zero-order valence-corrected chi connectivity index (χ0v) is 17.3. The average Bonchev–Trinajstić information content (AvgIpc) is 2.74. The second-order valence-electron chi connectivity index (χ2n) is 6.64. The summed E-state index contributed by atoms with van der Waals surface area (Å²) in [6.07, 6.45) is 0.383. The number of ether oxygens (including phenoxy) is 1. The van der Waals surface area contributed by atoms with Crippen LogP contribution < -0.4 is 15.1 Å². The van der Waals surface area contributed by atoms with Gasteiger partial charge in [-0.1, -0.05) is 29.8 Å². The summed E-state index contributed by atoms with van der Waals surface area (Å²) in [5.74, 6) is -0.572. The fourth-order valence-corrected chi connectivity index (χ4v) is 3.13. The van der Waals surface area contributed by atoms with Crippen molar-refractivity contribution in [3.8, 4) is 5.75 Å². The number of hydrogen-bond donors (Lipinski definition) is 1. The molecule has 0 fully saturated rings. The molecule has 0 saturated carbocycles. The SMILES string of the molecule is COc1ccc(Cl)cc1NC(=O)CN(C)C(=O)C1=NN(c2ccccc2)C(=O)CC1. The molecule has 0 radical (unpaired) electrons. The fourth-order valence-electron chi connectivity index (χ4n) is 2.95. The van der Waals surface area contributed by atoms with Crippen molar-refractivity contribution in [1.29, 1.82) is 0 Å². The molecular weight excluding hydrogens is 408 g/mol. The minimum atomic E-state index is -0.420. The van der Waals surface area contributed by atoms with Crippen LogP contribution in [-0.4, -0.2) is 49.0 Å². The predicted octanol–water partition coefficient (Wildman–Crippen LogP) is 2.93.